The molecule has 5 rings (SSSR count). The van der Waals surface area contributed by atoms with Crippen LogP contribution in [0, 0.1) is 32.5 Å². The summed E-state index contributed by atoms with van der Waals surface area (Å²) in [6.07, 6.45) is 5.33. The van der Waals surface area contributed by atoms with E-state index in [4.69, 9.17) is 4.42 Å². The van der Waals surface area contributed by atoms with Gasteiger partial charge in [-0.2, -0.15) is 4.39 Å². The number of benzene rings is 1. The third-order valence-electron chi connectivity index (χ3n) is 4.92. The van der Waals surface area contributed by atoms with Gasteiger partial charge < -0.3 is 9.73 Å². The lowest BCUT2D eigenvalue weighted by Crippen LogP contribution is -1.95. The summed E-state index contributed by atoms with van der Waals surface area (Å²) >= 11 is 0. The molecule has 0 aliphatic rings. The Balaban J connectivity index is 0.000000291. The molecule has 0 aliphatic heterocycles. The second kappa shape index (κ2) is 9.57. The minimum atomic E-state index is -0.588. The molecule has 1 aromatic carbocycles. The molecular weight excluding hydrogens is 442 g/mol. The first-order chi connectivity index (χ1) is 16.3. The highest BCUT2D eigenvalue weighted by molar-refractivity contribution is 5.75. The number of hydrogen-bond acceptors (Lipinski definition) is 6. The van der Waals surface area contributed by atoms with Crippen molar-refractivity contribution in [1.29, 1.82) is 0 Å². The molecule has 0 radical (unpaired) electrons. The number of hydrogen-bond donors (Lipinski definition) is 1. The fourth-order valence-electron chi connectivity index (χ4n) is 3.23. The van der Waals surface area contributed by atoms with Gasteiger partial charge in [0, 0.05) is 42.3 Å². The molecule has 5 aromatic rings. The van der Waals surface area contributed by atoms with Crippen LogP contribution in [-0.4, -0.2) is 30.7 Å². The van der Waals surface area contributed by atoms with Crippen LogP contribution in [-0.2, 0) is 4.79 Å². The van der Waals surface area contributed by atoms with Crippen molar-refractivity contribution in [2.75, 3.05) is 5.32 Å². The molecule has 0 fully saturated rings. The summed E-state index contributed by atoms with van der Waals surface area (Å²) < 4.78 is 34.2. The number of carbonyl (C=O) groups is 1. The first-order valence-electron chi connectivity index (χ1n) is 10.2. The summed E-state index contributed by atoms with van der Waals surface area (Å²) in [5.41, 5.74) is 3.05. The van der Waals surface area contributed by atoms with Gasteiger partial charge in [0.15, 0.2) is 5.89 Å². The fraction of sp³-hybridized carbons (Fsp3) is 0.125. The summed E-state index contributed by atoms with van der Waals surface area (Å²) in [7, 11) is 0. The van der Waals surface area contributed by atoms with Crippen LogP contribution >= 0.6 is 0 Å². The van der Waals surface area contributed by atoms with Crippen LogP contribution < -0.4 is 5.32 Å². The van der Waals surface area contributed by atoms with Crippen LogP contribution in [0.5, 0.6) is 0 Å². The minimum absolute atomic E-state index is 0.229. The molecule has 0 saturated heterocycles. The number of carbonyl (C=O) groups excluding carboxylic acids is 1. The molecule has 0 aliphatic carbocycles. The summed E-state index contributed by atoms with van der Waals surface area (Å²) in [6.45, 7) is 5.70. The van der Waals surface area contributed by atoms with Gasteiger partial charge in [-0.15, -0.1) is 0 Å². The second-order valence-electron chi connectivity index (χ2n) is 7.35. The van der Waals surface area contributed by atoms with Crippen LogP contribution in [0.1, 0.15) is 17.3 Å². The van der Waals surface area contributed by atoms with E-state index in [0.29, 0.717) is 34.8 Å². The molecule has 172 valence electrons. The zero-order chi connectivity index (χ0) is 24.2. The number of amides is 1. The zero-order valence-corrected chi connectivity index (χ0v) is 18.6. The van der Waals surface area contributed by atoms with Crippen molar-refractivity contribution < 1.29 is 18.0 Å². The molecule has 8 nitrogen and oxygen atoms in total. The van der Waals surface area contributed by atoms with Gasteiger partial charge >= 0.3 is 0 Å². The lowest BCUT2D eigenvalue weighted by Gasteiger charge is -2.03. The predicted octanol–water partition coefficient (Wildman–Crippen LogP) is 4.90. The molecule has 10 heteroatoms. The average Bonchev–Trinajstić information content (AvgIpc) is 3.36. The third kappa shape index (κ3) is 4.96. The first-order valence-corrected chi connectivity index (χ1v) is 10.2. The van der Waals surface area contributed by atoms with E-state index >= 15 is 0 Å². The molecule has 0 saturated carbocycles. The molecular formula is C24H20F2N6O2. The van der Waals surface area contributed by atoms with E-state index in [1.165, 1.54) is 30.5 Å². The molecule has 1 amide bonds. The van der Waals surface area contributed by atoms with Gasteiger partial charge in [0.25, 0.3) is 0 Å². The predicted molar refractivity (Wildman–Crippen MR) is 122 cm³/mol. The number of aromatic nitrogens is 5. The summed E-state index contributed by atoms with van der Waals surface area (Å²) in [5.74, 6) is 0.961. The van der Waals surface area contributed by atoms with Crippen molar-refractivity contribution in [3.8, 4) is 22.5 Å². The topological polar surface area (TPSA) is 98.2 Å². The van der Waals surface area contributed by atoms with Crippen LogP contribution in [0.2, 0.25) is 0 Å². The Hall–Kier alpha value is -4.47. The number of nitrogens with one attached hydrogen (secondary N) is 1. The second-order valence-corrected chi connectivity index (χ2v) is 7.35. The van der Waals surface area contributed by atoms with Crippen molar-refractivity contribution >= 4 is 17.9 Å². The van der Waals surface area contributed by atoms with Crippen molar-refractivity contribution in [2.24, 2.45) is 0 Å². The van der Waals surface area contributed by atoms with E-state index in [1.54, 1.807) is 28.9 Å². The molecule has 0 unspecified atom stereocenters. The molecule has 34 heavy (non-hydrogen) atoms. The third-order valence-corrected chi connectivity index (χ3v) is 4.92. The number of anilines is 1. The van der Waals surface area contributed by atoms with Crippen molar-refractivity contribution in [3.63, 3.8) is 0 Å². The van der Waals surface area contributed by atoms with E-state index in [2.05, 4.69) is 25.3 Å². The van der Waals surface area contributed by atoms with Crippen molar-refractivity contribution in [2.45, 2.75) is 20.8 Å². The van der Waals surface area contributed by atoms with Gasteiger partial charge in [0.2, 0.25) is 18.1 Å². The number of fused-ring (bicyclic) bond motifs is 1. The normalized spacial score (nSPS) is 10.6. The number of rotatable bonds is 4. The number of pyridine rings is 1. The van der Waals surface area contributed by atoms with E-state index in [1.807, 2.05) is 20.8 Å². The first kappa shape index (κ1) is 22.7. The summed E-state index contributed by atoms with van der Waals surface area (Å²) in [5, 5.41) is 2.47. The number of imidazole rings is 1. The Morgan fingerprint density at radius 2 is 1.82 bits per heavy atom. The number of nitrogens with zero attached hydrogens (tertiary/aromatic N) is 5. The molecule has 0 bridgehead atoms. The summed E-state index contributed by atoms with van der Waals surface area (Å²) in [6, 6.07) is 8.67. The number of oxazole rings is 1. The average molecular weight is 462 g/mol. The quantitative estimate of drug-likeness (QED) is 0.301. The Morgan fingerprint density at radius 3 is 2.47 bits per heavy atom. The van der Waals surface area contributed by atoms with Gasteiger partial charge in [0.1, 0.15) is 11.6 Å². The molecule has 4 heterocycles. The Labute approximate surface area is 193 Å². The lowest BCUT2D eigenvalue weighted by molar-refractivity contribution is -0.105. The van der Waals surface area contributed by atoms with E-state index < -0.39 is 11.8 Å². The van der Waals surface area contributed by atoms with Crippen LogP contribution in [0.25, 0.3) is 28.3 Å². The Bertz CT molecular complexity index is 1460. The maximum atomic E-state index is 14.2. The molecule has 4 aromatic heterocycles. The van der Waals surface area contributed by atoms with Crippen LogP contribution in [0.15, 0.2) is 59.4 Å². The monoisotopic (exact) mass is 462 g/mol. The fourth-order valence-corrected chi connectivity index (χ4v) is 3.23. The van der Waals surface area contributed by atoms with Crippen molar-refractivity contribution in [1.82, 2.24) is 24.3 Å². The smallest absolute Gasteiger partial charge is 0.234 e. The standard InChI is InChI=1S/C18H11F2N5O.C6H9NO/c19-14-5-4-12(22-10-26)6-13(14)16-9-25-8-11(7-21-18(25)24-16)15-2-1-3-17(20)23-15;1-4-5(2)8-6(3)7-4/h1-10H,(H,22,26);1-3H3. The highest BCUT2D eigenvalue weighted by Gasteiger charge is 2.12. The van der Waals surface area contributed by atoms with E-state index in [0.717, 1.165) is 17.3 Å². The number of aryl methyl sites for hydroxylation is 3. The van der Waals surface area contributed by atoms with Crippen LogP contribution in [0.4, 0.5) is 14.5 Å². The van der Waals surface area contributed by atoms with Crippen molar-refractivity contribution in [3.05, 3.63) is 84.1 Å². The largest absolute Gasteiger partial charge is 0.446 e. The maximum Gasteiger partial charge on any atom is 0.234 e. The summed E-state index contributed by atoms with van der Waals surface area (Å²) in [4.78, 5) is 27.0. The molecule has 0 spiro atoms. The number of halogens is 2. The highest BCUT2D eigenvalue weighted by Crippen LogP contribution is 2.26. The van der Waals surface area contributed by atoms with Gasteiger partial charge in [-0.05, 0) is 44.2 Å². The Morgan fingerprint density at radius 1 is 1.00 bits per heavy atom. The van der Waals surface area contributed by atoms with E-state index in [-0.39, 0.29) is 5.56 Å². The van der Waals surface area contributed by atoms with Gasteiger partial charge in [-0.25, -0.2) is 24.3 Å². The Kier molecular flexibility index (Phi) is 6.39. The zero-order valence-electron chi connectivity index (χ0n) is 18.6. The SMILES string of the molecule is Cc1nc(C)c(C)o1.O=CNc1ccc(F)c(-c2cn3cc(-c4cccc(F)n4)cnc3n2)c1. The van der Waals surface area contributed by atoms with Gasteiger partial charge in [-0.3, -0.25) is 9.20 Å². The van der Waals surface area contributed by atoms with Gasteiger partial charge in [-0.1, -0.05) is 6.07 Å². The molecule has 1 N–H and O–H groups in total. The van der Waals surface area contributed by atoms with E-state index in [9.17, 15) is 13.6 Å². The highest BCUT2D eigenvalue weighted by atomic mass is 19.1. The maximum absolute atomic E-state index is 14.2. The lowest BCUT2D eigenvalue weighted by atomic mass is 10.1. The van der Waals surface area contributed by atoms with Gasteiger partial charge in [0.05, 0.1) is 17.1 Å². The minimum Gasteiger partial charge on any atom is -0.446 e. The molecule has 0 atom stereocenters. The van der Waals surface area contributed by atoms with Crippen LogP contribution in [0.3, 0.4) is 0 Å².